The molecule has 1 amide bonds. The Bertz CT molecular complexity index is 813. The second-order valence-corrected chi connectivity index (χ2v) is 6.20. The van der Waals surface area contributed by atoms with Gasteiger partial charge in [-0.2, -0.15) is 0 Å². The van der Waals surface area contributed by atoms with Gasteiger partial charge in [0.15, 0.2) is 0 Å². The zero-order valence-electron chi connectivity index (χ0n) is 13.4. The number of aromatic nitrogens is 1. The summed E-state index contributed by atoms with van der Waals surface area (Å²) in [6.07, 6.45) is 4.45. The van der Waals surface area contributed by atoms with Crippen LogP contribution < -0.4 is 5.32 Å². The van der Waals surface area contributed by atoms with Gasteiger partial charge in [0.2, 0.25) is 5.91 Å². The molecule has 2 aromatic carbocycles. The van der Waals surface area contributed by atoms with Gasteiger partial charge in [-0.1, -0.05) is 48.0 Å². The monoisotopic (exact) mass is 338 g/mol. The van der Waals surface area contributed by atoms with Crippen molar-refractivity contribution in [2.45, 2.75) is 19.4 Å². The summed E-state index contributed by atoms with van der Waals surface area (Å²) in [5, 5.41) is 3.62. The van der Waals surface area contributed by atoms with E-state index in [0.717, 1.165) is 11.1 Å². The van der Waals surface area contributed by atoms with Crippen molar-refractivity contribution in [3.63, 3.8) is 0 Å². The largest absolute Gasteiger partial charge is 0.342 e. The normalized spacial score (nSPS) is 11.9. The van der Waals surface area contributed by atoms with E-state index in [4.69, 9.17) is 11.6 Å². The summed E-state index contributed by atoms with van der Waals surface area (Å²) in [4.78, 5) is 12.8. The SMILES string of the molecule is Cc1ccc(NC(=O)[C@@H](Cc2ccccc2)n2cccc2)cc1Cl. The van der Waals surface area contributed by atoms with Crippen molar-refractivity contribution in [3.8, 4) is 0 Å². The Morgan fingerprint density at radius 1 is 1.08 bits per heavy atom. The first-order valence-corrected chi connectivity index (χ1v) is 8.24. The molecule has 1 aromatic heterocycles. The van der Waals surface area contributed by atoms with Crippen molar-refractivity contribution in [2.75, 3.05) is 5.32 Å². The minimum Gasteiger partial charge on any atom is -0.342 e. The van der Waals surface area contributed by atoms with Crippen molar-refractivity contribution in [3.05, 3.63) is 89.2 Å². The van der Waals surface area contributed by atoms with Crippen LogP contribution in [0.4, 0.5) is 5.69 Å². The molecule has 0 aliphatic rings. The van der Waals surface area contributed by atoms with Crippen LogP contribution in [0.3, 0.4) is 0 Å². The maximum Gasteiger partial charge on any atom is 0.247 e. The molecule has 0 unspecified atom stereocenters. The number of aryl methyl sites for hydroxylation is 1. The topological polar surface area (TPSA) is 34.0 Å². The third kappa shape index (κ3) is 3.87. The molecule has 0 aliphatic carbocycles. The number of nitrogens with one attached hydrogen (secondary N) is 1. The molecule has 122 valence electrons. The van der Waals surface area contributed by atoms with Gasteiger partial charge in [-0.05, 0) is 42.3 Å². The minimum atomic E-state index is -0.317. The van der Waals surface area contributed by atoms with E-state index >= 15 is 0 Å². The number of nitrogens with zero attached hydrogens (tertiary/aromatic N) is 1. The third-order valence-corrected chi connectivity index (χ3v) is 4.41. The smallest absolute Gasteiger partial charge is 0.247 e. The fourth-order valence-corrected chi connectivity index (χ4v) is 2.80. The average Bonchev–Trinajstić information content (AvgIpc) is 3.11. The number of amides is 1. The molecule has 0 fully saturated rings. The first-order chi connectivity index (χ1) is 11.6. The molecular formula is C20H19ClN2O. The van der Waals surface area contributed by atoms with Crippen molar-refractivity contribution in [1.29, 1.82) is 0 Å². The summed E-state index contributed by atoms with van der Waals surface area (Å²) in [6.45, 7) is 1.94. The lowest BCUT2D eigenvalue weighted by atomic mass is 10.0. The molecule has 0 radical (unpaired) electrons. The van der Waals surface area contributed by atoms with Crippen molar-refractivity contribution in [2.24, 2.45) is 0 Å². The first-order valence-electron chi connectivity index (χ1n) is 7.87. The van der Waals surface area contributed by atoms with E-state index in [1.165, 1.54) is 0 Å². The van der Waals surface area contributed by atoms with Gasteiger partial charge >= 0.3 is 0 Å². The second kappa shape index (κ2) is 7.37. The Morgan fingerprint density at radius 3 is 2.46 bits per heavy atom. The van der Waals surface area contributed by atoms with Crippen LogP contribution in [0.1, 0.15) is 17.2 Å². The highest BCUT2D eigenvalue weighted by Gasteiger charge is 2.20. The lowest BCUT2D eigenvalue weighted by Gasteiger charge is -2.19. The highest BCUT2D eigenvalue weighted by molar-refractivity contribution is 6.31. The highest BCUT2D eigenvalue weighted by Crippen LogP contribution is 2.22. The summed E-state index contributed by atoms with van der Waals surface area (Å²) in [7, 11) is 0. The molecule has 1 heterocycles. The average molecular weight is 339 g/mol. The Morgan fingerprint density at radius 2 is 1.79 bits per heavy atom. The summed E-state index contributed by atoms with van der Waals surface area (Å²) in [6, 6.07) is 19.1. The van der Waals surface area contributed by atoms with Gasteiger partial charge in [0.1, 0.15) is 6.04 Å². The molecule has 4 heteroatoms. The lowest BCUT2D eigenvalue weighted by Crippen LogP contribution is -2.27. The molecule has 1 N–H and O–H groups in total. The molecule has 0 spiro atoms. The number of carbonyl (C=O) groups excluding carboxylic acids is 1. The number of halogens is 1. The van der Waals surface area contributed by atoms with Crippen molar-refractivity contribution >= 4 is 23.2 Å². The van der Waals surface area contributed by atoms with Crippen LogP contribution in [-0.4, -0.2) is 10.5 Å². The van der Waals surface area contributed by atoms with Crippen LogP contribution in [-0.2, 0) is 11.2 Å². The highest BCUT2D eigenvalue weighted by atomic mass is 35.5. The molecule has 0 saturated heterocycles. The number of carbonyl (C=O) groups is 1. The van der Waals surface area contributed by atoms with Crippen molar-refractivity contribution < 1.29 is 4.79 Å². The molecular weight excluding hydrogens is 320 g/mol. The fraction of sp³-hybridized carbons (Fsp3) is 0.150. The fourth-order valence-electron chi connectivity index (χ4n) is 2.62. The standard InChI is InChI=1S/C20H19ClN2O/c1-15-9-10-17(14-18(15)21)22-20(24)19(23-11-5-6-12-23)13-16-7-3-2-4-8-16/h2-12,14,19H,13H2,1H3,(H,22,24)/t19-/m1/s1. The predicted molar refractivity (Wildman–Crippen MR) is 98.4 cm³/mol. The zero-order chi connectivity index (χ0) is 16.9. The summed E-state index contributed by atoms with van der Waals surface area (Å²) in [5.74, 6) is -0.0602. The van der Waals surface area contributed by atoms with Crippen LogP contribution in [0.15, 0.2) is 73.1 Å². The van der Waals surface area contributed by atoms with Gasteiger partial charge in [-0.25, -0.2) is 0 Å². The molecule has 3 nitrogen and oxygen atoms in total. The van der Waals surface area contributed by atoms with Gasteiger partial charge in [0.05, 0.1) is 0 Å². The Hall–Kier alpha value is -2.52. The van der Waals surface area contributed by atoms with Crippen LogP contribution in [0.25, 0.3) is 0 Å². The van der Waals surface area contributed by atoms with Crippen LogP contribution in [0.2, 0.25) is 5.02 Å². The molecule has 0 aliphatic heterocycles. The van der Waals surface area contributed by atoms with Gasteiger partial charge in [0, 0.05) is 29.5 Å². The van der Waals surface area contributed by atoms with E-state index in [1.807, 2.05) is 78.5 Å². The summed E-state index contributed by atoms with van der Waals surface area (Å²) >= 11 is 6.15. The summed E-state index contributed by atoms with van der Waals surface area (Å²) < 4.78 is 1.93. The predicted octanol–water partition coefficient (Wildman–Crippen LogP) is 4.87. The van der Waals surface area contributed by atoms with Gasteiger partial charge in [-0.15, -0.1) is 0 Å². The van der Waals surface area contributed by atoms with Crippen LogP contribution in [0.5, 0.6) is 0 Å². The first kappa shape index (κ1) is 16.3. The van der Waals surface area contributed by atoms with Crippen LogP contribution >= 0.6 is 11.6 Å². The number of hydrogen-bond acceptors (Lipinski definition) is 1. The summed E-state index contributed by atoms with van der Waals surface area (Å²) in [5.41, 5.74) is 2.81. The van der Waals surface area contributed by atoms with E-state index in [2.05, 4.69) is 5.32 Å². The Labute approximate surface area is 146 Å². The van der Waals surface area contributed by atoms with Crippen LogP contribution in [0, 0.1) is 6.92 Å². The van der Waals surface area contributed by atoms with E-state index in [9.17, 15) is 4.79 Å². The lowest BCUT2D eigenvalue weighted by molar-refractivity contribution is -0.119. The quantitative estimate of drug-likeness (QED) is 0.707. The molecule has 24 heavy (non-hydrogen) atoms. The van der Waals surface area contributed by atoms with E-state index in [-0.39, 0.29) is 11.9 Å². The number of benzene rings is 2. The van der Waals surface area contributed by atoms with E-state index in [1.54, 1.807) is 6.07 Å². The molecule has 0 bridgehead atoms. The zero-order valence-corrected chi connectivity index (χ0v) is 14.2. The minimum absolute atomic E-state index is 0.0602. The Kier molecular flexibility index (Phi) is 5.02. The maximum absolute atomic E-state index is 12.8. The Balaban J connectivity index is 1.82. The van der Waals surface area contributed by atoms with Gasteiger partial charge in [-0.3, -0.25) is 4.79 Å². The van der Waals surface area contributed by atoms with E-state index < -0.39 is 0 Å². The van der Waals surface area contributed by atoms with Crippen molar-refractivity contribution in [1.82, 2.24) is 4.57 Å². The van der Waals surface area contributed by atoms with Gasteiger partial charge in [0.25, 0.3) is 0 Å². The van der Waals surface area contributed by atoms with Gasteiger partial charge < -0.3 is 9.88 Å². The number of anilines is 1. The maximum atomic E-state index is 12.8. The third-order valence-electron chi connectivity index (χ3n) is 4.00. The molecule has 1 atom stereocenters. The van der Waals surface area contributed by atoms with E-state index in [0.29, 0.717) is 17.1 Å². The molecule has 3 aromatic rings. The molecule has 0 saturated carbocycles. The number of hydrogen-bond donors (Lipinski definition) is 1. The second-order valence-electron chi connectivity index (χ2n) is 5.79. The number of rotatable bonds is 5. The molecule has 3 rings (SSSR count).